The van der Waals surface area contributed by atoms with E-state index in [4.69, 9.17) is 0 Å². The van der Waals surface area contributed by atoms with Crippen molar-refractivity contribution < 1.29 is 4.79 Å². The molecule has 2 aromatic rings. The third-order valence-corrected chi connectivity index (χ3v) is 2.99. The van der Waals surface area contributed by atoms with E-state index in [2.05, 4.69) is 53.9 Å². The van der Waals surface area contributed by atoms with Gasteiger partial charge in [0.2, 0.25) is 5.91 Å². The highest BCUT2D eigenvalue weighted by Gasteiger charge is 1.96. The fourth-order valence-corrected chi connectivity index (χ4v) is 2.00. The Hall–Kier alpha value is -2.35. The number of amides is 1. The Morgan fingerprint density at radius 2 is 1.80 bits per heavy atom. The Kier molecular flexibility index (Phi) is 5.13. The van der Waals surface area contributed by atoms with Gasteiger partial charge in [0.25, 0.3) is 0 Å². The van der Waals surface area contributed by atoms with Crippen molar-refractivity contribution in [2.45, 2.75) is 13.3 Å². The first-order valence-corrected chi connectivity index (χ1v) is 6.82. The molecular weight excluding hydrogens is 246 g/mol. The number of benzene rings is 2. The van der Waals surface area contributed by atoms with Crippen LogP contribution in [0.2, 0.25) is 0 Å². The molecule has 2 aromatic carbocycles. The molecule has 0 saturated carbocycles. The Labute approximate surface area is 120 Å². The topological polar surface area (TPSA) is 29.1 Å². The van der Waals surface area contributed by atoms with E-state index in [0.29, 0.717) is 6.54 Å². The van der Waals surface area contributed by atoms with Gasteiger partial charge in [-0.1, -0.05) is 60.7 Å². The van der Waals surface area contributed by atoms with Gasteiger partial charge >= 0.3 is 0 Å². The third kappa shape index (κ3) is 4.39. The minimum Gasteiger partial charge on any atom is -0.356 e. The predicted molar refractivity (Wildman–Crippen MR) is 84.2 cm³/mol. The van der Waals surface area contributed by atoms with Crippen molar-refractivity contribution in [2.24, 2.45) is 0 Å². The van der Waals surface area contributed by atoms with E-state index in [1.165, 1.54) is 23.6 Å². The first-order valence-electron chi connectivity index (χ1n) is 6.82. The first kappa shape index (κ1) is 14.1. The minimum atomic E-state index is 0.0180. The minimum absolute atomic E-state index is 0.0180. The number of nitrogens with one attached hydrogen (secondary N) is 1. The van der Waals surface area contributed by atoms with Gasteiger partial charge in [0, 0.05) is 13.5 Å². The summed E-state index contributed by atoms with van der Waals surface area (Å²) in [6.45, 7) is 2.22. The van der Waals surface area contributed by atoms with Gasteiger partial charge in [-0.2, -0.15) is 0 Å². The predicted octanol–water partition coefficient (Wildman–Crippen LogP) is 3.89. The average molecular weight is 265 g/mol. The van der Waals surface area contributed by atoms with Crippen LogP contribution < -0.4 is 5.32 Å². The highest BCUT2D eigenvalue weighted by atomic mass is 16.1. The summed E-state index contributed by atoms with van der Waals surface area (Å²) in [7, 11) is 0. The maximum atomic E-state index is 10.7. The summed E-state index contributed by atoms with van der Waals surface area (Å²) in [5.41, 5.74) is 3.62. The van der Waals surface area contributed by atoms with Crippen molar-refractivity contribution in [3.05, 3.63) is 66.2 Å². The monoisotopic (exact) mass is 265 g/mol. The normalized spacial score (nSPS) is 10.7. The largest absolute Gasteiger partial charge is 0.356 e. The number of hydrogen-bond donors (Lipinski definition) is 1. The molecule has 0 atom stereocenters. The number of rotatable bonds is 5. The highest BCUT2D eigenvalue weighted by molar-refractivity contribution is 5.72. The zero-order chi connectivity index (χ0) is 14.2. The van der Waals surface area contributed by atoms with Crippen LogP contribution in [0.1, 0.15) is 18.9 Å². The molecule has 0 aromatic heterocycles. The van der Waals surface area contributed by atoms with Crippen molar-refractivity contribution >= 4 is 12.0 Å². The molecular formula is C18H19NO. The molecule has 0 fully saturated rings. The summed E-state index contributed by atoms with van der Waals surface area (Å²) >= 11 is 0. The van der Waals surface area contributed by atoms with Crippen LogP contribution in [-0.4, -0.2) is 12.5 Å². The summed E-state index contributed by atoms with van der Waals surface area (Å²) in [5, 5.41) is 2.78. The summed E-state index contributed by atoms with van der Waals surface area (Å²) < 4.78 is 0. The van der Waals surface area contributed by atoms with Crippen LogP contribution in [0.3, 0.4) is 0 Å². The van der Waals surface area contributed by atoms with E-state index in [0.717, 1.165) is 6.42 Å². The van der Waals surface area contributed by atoms with Crippen LogP contribution in [0.25, 0.3) is 17.2 Å². The second-order valence-electron chi connectivity index (χ2n) is 4.67. The molecule has 0 aliphatic heterocycles. The van der Waals surface area contributed by atoms with Gasteiger partial charge in [-0.3, -0.25) is 4.79 Å². The summed E-state index contributed by atoms with van der Waals surface area (Å²) in [5.74, 6) is 0.0180. The fourth-order valence-electron chi connectivity index (χ4n) is 2.00. The zero-order valence-electron chi connectivity index (χ0n) is 11.7. The van der Waals surface area contributed by atoms with Gasteiger partial charge < -0.3 is 5.32 Å². The Bertz CT molecular complexity index is 587. The standard InChI is InChI=1S/C18H19NO/c1-15(20)19-13-6-5-8-16-9-7-12-18(14-16)17-10-3-2-4-11-17/h2-5,7-12,14H,6,13H2,1H3,(H,19,20). The molecule has 0 radical (unpaired) electrons. The molecule has 1 N–H and O–H groups in total. The highest BCUT2D eigenvalue weighted by Crippen LogP contribution is 2.20. The Balaban J connectivity index is 2.00. The fraction of sp³-hybridized carbons (Fsp3) is 0.167. The summed E-state index contributed by atoms with van der Waals surface area (Å²) in [6, 6.07) is 18.8. The molecule has 2 heteroatoms. The van der Waals surface area contributed by atoms with Crippen molar-refractivity contribution in [3.63, 3.8) is 0 Å². The van der Waals surface area contributed by atoms with Gasteiger partial charge in [-0.15, -0.1) is 0 Å². The van der Waals surface area contributed by atoms with E-state index >= 15 is 0 Å². The smallest absolute Gasteiger partial charge is 0.216 e. The van der Waals surface area contributed by atoms with Crippen LogP contribution in [0.4, 0.5) is 0 Å². The van der Waals surface area contributed by atoms with Crippen LogP contribution in [-0.2, 0) is 4.79 Å². The molecule has 2 nitrogen and oxygen atoms in total. The Morgan fingerprint density at radius 3 is 2.55 bits per heavy atom. The van der Waals surface area contributed by atoms with Crippen molar-refractivity contribution in [3.8, 4) is 11.1 Å². The molecule has 0 unspecified atom stereocenters. The third-order valence-electron chi connectivity index (χ3n) is 2.99. The number of hydrogen-bond acceptors (Lipinski definition) is 1. The van der Waals surface area contributed by atoms with E-state index in [1.54, 1.807) is 0 Å². The van der Waals surface area contributed by atoms with Crippen molar-refractivity contribution in [2.75, 3.05) is 6.54 Å². The van der Waals surface area contributed by atoms with Gasteiger partial charge in [0.1, 0.15) is 0 Å². The van der Waals surface area contributed by atoms with Gasteiger partial charge in [-0.05, 0) is 29.2 Å². The van der Waals surface area contributed by atoms with Gasteiger partial charge in [0.05, 0.1) is 0 Å². The van der Waals surface area contributed by atoms with E-state index < -0.39 is 0 Å². The Morgan fingerprint density at radius 1 is 1.05 bits per heavy atom. The lowest BCUT2D eigenvalue weighted by Gasteiger charge is -2.02. The lowest BCUT2D eigenvalue weighted by atomic mass is 10.0. The van der Waals surface area contributed by atoms with Crippen LogP contribution in [0, 0.1) is 0 Å². The average Bonchev–Trinajstić information content (AvgIpc) is 2.48. The second-order valence-corrected chi connectivity index (χ2v) is 4.67. The molecule has 1 amide bonds. The van der Waals surface area contributed by atoms with Crippen molar-refractivity contribution in [1.82, 2.24) is 5.32 Å². The van der Waals surface area contributed by atoms with Crippen molar-refractivity contribution in [1.29, 1.82) is 0 Å². The molecule has 102 valence electrons. The van der Waals surface area contributed by atoms with Crippen LogP contribution in [0.5, 0.6) is 0 Å². The number of carbonyl (C=O) groups excluding carboxylic acids is 1. The quantitative estimate of drug-likeness (QED) is 0.816. The lowest BCUT2D eigenvalue weighted by molar-refractivity contribution is -0.118. The van der Waals surface area contributed by atoms with Gasteiger partial charge in [-0.25, -0.2) is 0 Å². The van der Waals surface area contributed by atoms with E-state index in [1.807, 2.05) is 18.2 Å². The van der Waals surface area contributed by atoms with E-state index in [9.17, 15) is 4.79 Å². The maximum absolute atomic E-state index is 10.7. The SMILES string of the molecule is CC(=O)NCCC=Cc1cccc(-c2ccccc2)c1. The second kappa shape index (κ2) is 7.29. The molecule has 2 rings (SSSR count). The molecule has 0 spiro atoms. The molecule has 0 aliphatic carbocycles. The molecule has 0 aliphatic rings. The molecule has 20 heavy (non-hydrogen) atoms. The lowest BCUT2D eigenvalue weighted by Crippen LogP contribution is -2.20. The van der Waals surface area contributed by atoms with Gasteiger partial charge in [0.15, 0.2) is 0 Å². The zero-order valence-corrected chi connectivity index (χ0v) is 11.7. The summed E-state index contributed by atoms with van der Waals surface area (Å²) in [4.78, 5) is 10.7. The first-order chi connectivity index (χ1) is 9.75. The van der Waals surface area contributed by atoms with E-state index in [-0.39, 0.29) is 5.91 Å². The number of carbonyl (C=O) groups is 1. The maximum Gasteiger partial charge on any atom is 0.216 e. The van der Waals surface area contributed by atoms with Crippen LogP contribution >= 0.6 is 0 Å². The molecule has 0 saturated heterocycles. The summed E-state index contributed by atoms with van der Waals surface area (Å²) in [6.07, 6.45) is 5.02. The molecule has 0 bridgehead atoms. The molecule has 0 heterocycles. The van der Waals surface area contributed by atoms with Crippen LogP contribution in [0.15, 0.2) is 60.7 Å².